The summed E-state index contributed by atoms with van der Waals surface area (Å²) >= 11 is 0. The summed E-state index contributed by atoms with van der Waals surface area (Å²) in [7, 11) is 0. The maximum Gasteiger partial charge on any atom is 0.325 e. The third-order valence-corrected chi connectivity index (χ3v) is 7.32. The van der Waals surface area contributed by atoms with Crippen LogP contribution in [0.5, 0.6) is 0 Å². The Balaban J connectivity index is 1.49. The van der Waals surface area contributed by atoms with E-state index in [1.807, 2.05) is 23.1 Å². The molecule has 4 amide bonds. The van der Waals surface area contributed by atoms with Gasteiger partial charge < -0.3 is 10.2 Å². The van der Waals surface area contributed by atoms with Crippen LogP contribution in [0.1, 0.15) is 64.5 Å². The Morgan fingerprint density at radius 1 is 1.19 bits per heavy atom. The van der Waals surface area contributed by atoms with E-state index in [2.05, 4.69) is 24.1 Å². The minimum Gasteiger partial charge on any atom is -0.342 e. The number of rotatable bonds is 7. The lowest BCUT2D eigenvalue weighted by atomic mass is 9.73. The standard InChI is InChI=1S/C24H34N4O3/c1-17(2)9-12-24(19-10-14-27(15-11-19)21(29)18-6-5-7-18)22(30)28(23(31)26-24)16-20-8-3-4-13-25-20/h3-4,8,13,17-19H,5-7,9-12,14-16H2,1-2H3,(H,26,31)/t24-/m0/s1. The Morgan fingerprint density at radius 3 is 2.52 bits per heavy atom. The number of pyridine rings is 1. The molecule has 1 saturated carbocycles. The third-order valence-electron chi connectivity index (χ3n) is 7.32. The first kappa shape index (κ1) is 21.8. The van der Waals surface area contributed by atoms with Crippen LogP contribution in [-0.2, 0) is 16.1 Å². The highest BCUT2D eigenvalue weighted by Gasteiger charge is 2.55. The maximum atomic E-state index is 13.7. The average molecular weight is 427 g/mol. The van der Waals surface area contributed by atoms with Crippen molar-refractivity contribution in [2.75, 3.05) is 13.1 Å². The van der Waals surface area contributed by atoms with Gasteiger partial charge in [-0.2, -0.15) is 0 Å². The molecule has 1 aromatic rings. The summed E-state index contributed by atoms with van der Waals surface area (Å²) in [5, 5.41) is 3.11. The van der Waals surface area contributed by atoms with Crippen LogP contribution in [0.4, 0.5) is 4.79 Å². The van der Waals surface area contributed by atoms with Crippen LogP contribution < -0.4 is 5.32 Å². The first-order chi connectivity index (χ1) is 14.9. The van der Waals surface area contributed by atoms with Crippen LogP contribution in [0.3, 0.4) is 0 Å². The average Bonchev–Trinajstić information content (AvgIpc) is 2.97. The summed E-state index contributed by atoms with van der Waals surface area (Å²) in [6.45, 7) is 5.81. The molecule has 4 rings (SSSR count). The van der Waals surface area contributed by atoms with Gasteiger partial charge in [0.2, 0.25) is 5.91 Å². The molecule has 0 radical (unpaired) electrons. The lowest BCUT2D eigenvalue weighted by Crippen LogP contribution is -2.57. The molecule has 1 N–H and O–H groups in total. The van der Waals surface area contributed by atoms with E-state index in [9.17, 15) is 14.4 Å². The quantitative estimate of drug-likeness (QED) is 0.678. The maximum absolute atomic E-state index is 13.7. The predicted octanol–water partition coefficient (Wildman–Crippen LogP) is 3.35. The molecule has 168 valence electrons. The monoisotopic (exact) mass is 426 g/mol. The van der Waals surface area contributed by atoms with Crippen LogP contribution >= 0.6 is 0 Å². The van der Waals surface area contributed by atoms with Gasteiger partial charge in [0.25, 0.3) is 5.91 Å². The van der Waals surface area contributed by atoms with Gasteiger partial charge in [-0.3, -0.25) is 19.5 Å². The van der Waals surface area contributed by atoms with E-state index in [1.54, 1.807) is 6.20 Å². The second-order valence-corrected chi connectivity index (χ2v) is 9.77. The van der Waals surface area contributed by atoms with Crippen LogP contribution in [-0.4, -0.2) is 51.3 Å². The summed E-state index contributed by atoms with van der Waals surface area (Å²) < 4.78 is 0. The van der Waals surface area contributed by atoms with E-state index in [-0.39, 0.29) is 36.2 Å². The van der Waals surface area contributed by atoms with Crippen molar-refractivity contribution in [1.82, 2.24) is 20.1 Å². The van der Waals surface area contributed by atoms with Gasteiger partial charge in [0, 0.05) is 25.2 Å². The lowest BCUT2D eigenvalue weighted by molar-refractivity contribution is -0.141. The molecule has 1 aromatic heterocycles. The van der Waals surface area contributed by atoms with Gasteiger partial charge in [-0.25, -0.2) is 4.79 Å². The summed E-state index contributed by atoms with van der Waals surface area (Å²) in [5.41, 5.74) is -0.173. The van der Waals surface area contributed by atoms with Crippen molar-refractivity contribution in [1.29, 1.82) is 0 Å². The number of carbonyl (C=O) groups is 3. The topological polar surface area (TPSA) is 82.6 Å². The first-order valence-electron chi connectivity index (χ1n) is 11.7. The highest BCUT2D eigenvalue weighted by atomic mass is 16.2. The lowest BCUT2D eigenvalue weighted by Gasteiger charge is -2.42. The van der Waals surface area contributed by atoms with Gasteiger partial charge in [0.1, 0.15) is 5.54 Å². The predicted molar refractivity (Wildman–Crippen MR) is 117 cm³/mol. The van der Waals surface area contributed by atoms with Crippen molar-refractivity contribution in [2.45, 2.75) is 70.9 Å². The van der Waals surface area contributed by atoms with Crippen molar-refractivity contribution >= 4 is 17.8 Å². The zero-order chi connectivity index (χ0) is 22.0. The zero-order valence-electron chi connectivity index (χ0n) is 18.7. The normalized spacial score (nSPS) is 25.1. The van der Waals surface area contributed by atoms with Crippen LogP contribution in [0, 0.1) is 17.8 Å². The number of nitrogens with one attached hydrogen (secondary N) is 1. The van der Waals surface area contributed by atoms with E-state index in [0.717, 1.165) is 38.5 Å². The van der Waals surface area contributed by atoms with Gasteiger partial charge in [-0.1, -0.05) is 26.3 Å². The highest BCUT2D eigenvalue weighted by molar-refractivity contribution is 6.07. The molecule has 0 spiro atoms. The number of imide groups is 1. The van der Waals surface area contributed by atoms with Crippen LogP contribution in [0.2, 0.25) is 0 Å². The summed E-state index contributed by atoms with van der Waals surface area (Å²) in [6, 6.07) is 5.19. The number of hydrogen-bond donors (Lipinski definition) is 1. The van der Waals surface area contributed by atoms with E-state index in [4.69, 9.17) is 0 Å². The second-order valence-electron chi connectivity index (χ2n) is 9.77. The highest BCUT2D eigenvalue weighted by Crippen LogP contribution is 2.39. The molecule has 2 aliphatic heterocycles. The van der Waals surface area contributed by atoms with Gasteiger partial charge in [-0.05, 0) is 62.5 Å². The summed E-state index contributed by atoms with van der Waals surface area (Å²) in [6.07, 6.45) is 7.84. The molecule has 0 aromatic carbocycles. The molecule has 0 unspecified atom stereocenters. The first-order valence-corrected chi connectivity index (χ1v) is 11.7. The Bertz CT molecular complexity index is 815. The van der Waals surface area contributed by atoms with Crippen molar-refractivity contribution in [3.05, 3.63) is 30.1 Å². The largest absolute Gasteiger partial charge is 0.342 e. The number of aromatic nitrogens is 1. The number of nitrogens with zero attached hydrogens (tertiary/aromatic N) is 3. The van der Waals surface area contributed by atoms with Gasteiger partial charge >= 0.3 is 6.03 Å². The molecule has 1 aliphatic carbocycles. The van der Waals surface area contributed by atoms with E-state index in [0.29, 0.717) is 31.1 Å². The smallest absolute Gasteiger partial charge is 0.325 e. The number of likely N-dealkylation sites (tertiary alicyclic amines) is 1. The minimum absolute atomic E-state index is 0.0434. The Labute approximate surface area is 184 Å². The van der Waals surface area contributed by atoms with Gasteiger partial charge in [0.15, 0.2) is 0 Å². The van der Waals surface area contributed by atoms with Crippen LogP contribution in [0.25, 0.3) is 0 Å². The summed E-state index contributed by atoms with van der Waals surface area (Å²) in [5.74, 6) is 0.828. The minimum atomic E-state index is -0.873. The molecule has 3 aliphatic rings. The van der Waals surface area contributed by atoms with Crippen molar-refractivity contribution in [2.24, 2.45) is 17.8 Å². The van der Waals surface area contributed by atoms with E-state index < -0.39 is 5.54 Å². The fourth-order valence-corrected chi connectivity index (χ4v) is 5.11. The fraction of sp³-hybridized carbons (Fsp3) is 0.667. The molecule has 7 heteroatoms. The van der Waals surface area contributed by atoms with Crippen molar-refractivity contribution in [3.8, 4) is 0 Å². The fourth-order valence-electron chi connectivity index (χ4n) is 5.11. The molecule has 3 heterocycles. The Hall–Kier alpha value is -2.44. The molecule has 7 nitrogen and oxygen atoms in total. The number of carbonyl (C=O) groups excluding carboxylic acids is 3. The number of urea groups is 1. The second kappa shape index (κ2) is 8.97. The zero-order valence-corrected chi connectivity index (χ0v) is 18.7. The number of piperidine rings is 1. The molecule has 2 saturated heterocycles. The molecule has 1 atom stereocenters. The van der Waals surface area contributed by atoms with Crippen LogP contribution in [0.15, 0.2) is 24.4 Å². The number of hydrogen-bond acceptors (Lipinski definition) is 4. The van der Waals surface area contributed by atoms with E-state index >= 15 is 0 Å². The van der Waals surface area contributed by atoms with Crippen molar-refractivity contribution < 1.29 is 14.4 Å². The molecular formula is C24H34N4O3. The molecule has 0 bridgehead atoms. The third kappa shape index (κ3) is 4.32. The Morgan fingerprint density at radius 2 is 1.94 bits per heavy atom. The molecule has 31 heavy (non-hydrogen) atoms. The van der Waals surface area contributed by atoms with Gasteiger partial charge in [-0.15, -0.1) is 0 Å². The van der Waals surface area contributed by atoms with E-state index in [1.165, 1.54) is 4.90 Å². The molecular weight excluding hydrogens is 392 g/mol. The molecule has 3 fully saturated rings. The Kier molecular flexibility index (Phi) is 6.30. The summed E-state index contributed by atoms with van der Waals surface area (Å²) in [4.78, 5) is 46.8. The SMILES string of the molecule is CC(C)CC[C@@]1(C2CCN(C(=O)C3CCC3)CC2)NC(=O)N(Cc2ccccn2)C1=O. The van der Waals surface area contributed by atoms with Crippen molar-refractivity contribution in [3.63, 3.8) is 0 Å². The van der Waals surface area contributed by atoms with Gasteiger partial charge in [0.05, 0.1) is 12.2 Å². The number of amides is 4.